The fourth-order valence-electron chi connectivity index (χ4n) is 7.84. The van der Waals surface area contributed by atoms with Gasteiger partial charge in [0.25, 0.3) is 0 Å². The second-order valence-electron chi connectivity index (χ2n) is 14.8. The molecular weight excluding hydrogens is 683 g/mol. The highest BCUT2D eigenvalue weighted by Crippen LogP contribution is 2.41. The van der Waals surface area contributed by atoms with Gasteiger partial charge in [0.15, 0.2) is 0 Å². The highest BCUT2D eigenvalue weighted by atomic mass is 16.3. The standard InChI is InChI=1S/C52H41N3O/c1-33-18-20-39(21-19-33)40-22-23-53-48(32-40)44-29-42(38-14-9-6-10-15-38)28-43(30-44)46-16-11-17-49-50(46)54-52(47-27-34(2)24-36(4)51(47)56)55(49)45-26-35(3)25-41(31-45)37-12-7-5-8-13-37/h5-32,56H,1-4H3. The lowest BCUT2D eigenvalue weighted by molar-refractivity contribution is 0.472. The number of hydrogen-bond acceptors (Lipinski definition) is 3. The fourth-order valence-corrected chi connectivity index (χ4v) is 7.84. The van der Waals surface area contributed by atoms with E-state index in [2.05, 4.69) is 165 Å². The van der Waals surface area contributed by atoms with E-state index in [1.807, 2.05) is 37.4 Å². The number of fused-ring (bicyclic) bond motifs is 1. The molecule has 0 aliphatic heterocycles. The average Bonchev–Trinajstić information content (AvgIpc) is 3.62. The van der Waals surface area contributed by atoms with Gasteiger partial charge in [-0.1, -0.05) is 115 Å². The van der Waals surface area contributed by atoms with Crippen LogP contribution in [0.2, 0.25) is 0 Å². The largest absolute Gasteiger partial charge is 0.507 e. The van der Waals surface area contributed by atoms with Crippen LogP contribution in [-0.2, 0) is 0 Å². The van der Waals surface area contributed by atoms with Gasteiger partial charge in [0.1, 0.15) is 11.6 Å². The lowest BCUT2D eigenvalue weighted by Crippen LogP contribution is -2.00. The number of rotatable bonds is 7. The Morgan fingerprint density at radius 2 is 1.09 bits per heavy atom. The van der Waals surface area contributed by atoms with E-state index >= 15 is 0 Å². The number of pyridine rings is 1. The van der Waals surface area contributed by atoms with Crippen molar-refractivity contribution in [3.8, 4) is 78.6 Å². The quantitative estimate of drug-likeness (QED) is 0.178. The first-order chi connectivity index (χ1) is 27.3. The van der Waals surface area contributed by atoms with Crippen LogP contribution < -0.4 is 0 Å². The van der Waals surface area contributed by atoms with Gasteiger partial charge in [-0.3, -0.25) is 9.55 Å². The minimum Gasteiger partial charge on any atom is -0.507 e. The number of aromatic hydroxyl groups is 1. The Hall–Kier alpha value is -7.04. The molecule has 7 aromatic carbocycles. The van der Waals surface area contributed by atoms with Crippen LogP contribution in [0.1, 0.15) is 22.3 Å². The Labute approximate surface area is 328 Å². The van der Waals surface area contributed by atoms with Crippen LogP contribution in [0.15, 0.2) is 170 Å². The van der Waals surface area contributed by atoms with E-state index in [-0.39, 0.29) is 5.75 Å². The smallest absolute Gasteiger partial charge is 0.149 e. The van der Waals surface area contributed by atoms with Crippen molar-refractivity contribution in [2.24, 2.45) is 0 Å². The minimum atomic E-state index is 0.234. The summed E-state index contributed by atoms with van der Waals surface area (Å²) in [6.45, 7) is 8.25. The molecule has 0 unspecified atom stereocenters. The maximum atomic E-state index is 11.6. The molecule has 0 bridgehead atoms. The molecule has 2 aromatic heterocycles. The summed E-state index contributed by atoms with van der Waals surface area (Å²) < 4.78 is 2.21. The monoisotopic (exact) mass is 723 g/mol. The van der Waals surface area contributed by atoms with Gasteiger partial charge in [-0.15, -0.1) is 0 Å². The molecular formula is C52H41N3O. The van der Waals surface area contributed by atoms with Crippen molar-refractivity contribution in [1.29, 1.82) is 0 Å². The number of phenols is 1. The average molecular weight is 724 g/mol. The summed E-state index contributed by atoms with van der Waals surface area (Å²) in [6, 6.07) is 57.6. The lowest BCUT2D eigenvalue weighted by Gasteiger charge is -2.15. The number of nitrogens with zero attached hydrogens (tertiary/aromatic N) is 3. The van der Waals surface area contributed by atoms with Gasteiger partial charge in [-0.05, 0) is 138 Å². The van der Waals surface area contributed by atoms with Crippen molar-refractivity contribution in [2.75, 3.05) is 0 Å². The Balaban J connectivity index is 1.29. The van der Waals surface area contributed by atoms with E-state index < -0.39 is 0 Å². The number of hydrogen-bond donors (Lipinski definition) is 1. The number of aryl methyl sites for hydroxylation is 4. The van der Waals surface area contributed by atoms with Crippen molar-refractivity contribution in [1.82, 2.24) is 14.5 Å². The van der Waals surface area contributed by atoms with Crippen LogP contribution in [0.4, 0.5) is 0 Å². The number of phenolic OH excluding ortho intramolecular Hbond substituents is 1. The van der Waals surface area contributed by atoms with E-state index in [4.69, 9.17) is 9.97 Å². The van der Waals surface area contributed by atoms with E-state index in [0.29, 0.717) is 11.4 Å². The predicted octanol–water partition coefficient (Wildman–Crippen LogP) is 13.4. The molecule has 0 fully saturated rings. The van der Waals surface area contributed by atoms with Gasteiger partial charge in [-0.2, -0.15) is 0 Å². The Morgan fingerprint density at radius 3 is 1.82 bits per heavy atom. The normalized spacial score (nSPS) is 11.3. The third-order valence-corrected chi connectivity index (χ3v) is 10.6. The van der Waals surface area contributed by atoms with E-state index in [1.54, 1.807) is 0 Å². The SMILES string of the molecule is Cc1ccc(-c2ccnc(-c3cc(-c4ccccc4)cc(-c4cccc5c4nc(-c4cc(C)cc(C)c4O)n5-c4cc(C)cc(-c5ccccc5)c4)c3)c2)cc1. The third-order valence-electron chi connectivity index (χ3n) is 10.6. The Kier molecular flexibility index (Phi) is 8.87. The minimum absolute atomic E-state index is 0.234. The molecule has 2 heterocycles. The van der Waals surface area contributed by atoms with Crippen LogP contribution in [0, 0.1) is 27.7 Å². The molecule has 0 amide bonds. The zero-order valence-electron chi connectivity index (χ0n) is 32.0. The summed E-state index contributed by atoms with van der Waals surface area (Å²) >= 11 is 0. The van der Waals surface area contributed by atoms with E-state index in [1.165, 1.54) is 5.56 Å². The summed E-state index contributed by atoms with van der Waals surface area (Å²) in [5, 5.41) is 11.6. The Bertz CT molecular complexity index is 2890. The Morgan fingerprint density at radius 1 is 0.446 bits per heavy atom. The first-order valence-electron chi connectivity index (χ1n) is 19.0. The van der Waals surface area contributed by atoms with Gasteiger partial charge < -0.3 is 5.11 Å². The zero-order valence-corrected chi connectivity index (χ0v) is 32.0. The topological polar surface area (TPSA) is 50.9 Å². The second-order valence-corrected chi connectivity index (χ2v) is 14.8. The molecule has 0 radical (unpaired) electrons. The van der Waals surface area contributed by atoms with Crippen molar-refractivity contribution in [3.05, 3.63) is 192 Å². The van der Waals surface area contributed by atoms with Crippen LogP contribution in [-0.4, -0.2) is 19.6 Å². The van der Waals surface area contributed by atoms with Crippen molar-refractivity contribution < 1.29 is 5.11 Å². The number of aromatic nitrogens is 3. The van der Waals surface area contributed by atoms with Crippen molar-refractivity contribution in [3.63, 3.8) is 0 Å². The van der Waals surface area contributed by atoms with Gasteiger partial charge in [0, 0.05) is 23.0 Å². The highest BCUT2D eigenvalue weighted by Gasteiger charge is 2.22. The van der Waals surface area contributed by atoms with Crippen molar-refractivity contribution >= 4 is 11.0 Å². The van der Waals surface area contributed by atoms with Crippen LogP contribution >= 0.6 is 0 Å². The molecule has 0 atom stereocenters. The molecule has 9 aromatic rings. The number of para-hydroxylation sites is 1. The van der Waals surface area contributed by atoms with Crippen LogP contribution in [0.5, 0.6) is 5.75 Å². The van der Waals surface area contributed by atoms with Gasteiger partial charge in [0.05, 0.1) is 22.3 Å². The third kappa shape index (κ3) is 6.56. The first-order valence-corrected chi connectivity index (χ1v) is 19.0. The summed E-state index contributed by atoms with van der Waals surface area (Å²) in [4.78, 5) is 10.4. The van der Waals surface area contributed by atoms with Crippen molar-refractivity contribution in [2.45, 2.75) is 27.7 Å². The molecule has 0 aliphatic rings. The maximum absolute atomic E-state index is 11.6. The van der Waals surface area contributed by atoms with Crippen LogP contribution in [0.25, 0.3) is 83.9 Å². The predicted molar refractivity (Wildman–Crippen MR) is 232 cm³/mol. The van der Waals surface area contributed by atoms with Gasteiger partial charge >= 0.3 is 0 Å². The molecule has 0 saturated carbocycles. The molecule has 9 rings (SSSR count). The second kappa shape index (κ2) is 14.3. The van der Waals surface area contributed by atoms with Gasteiger partial charge in [-0.25, -0.2) is 4.98 Å². The molecule has 0 aliphatic carbocycles. The summed E-state index contributed by atoms with van der Waals surface area (Å²) in [5.74, 6) is 0.922. The summed E-state index contributed by atoms with van der Waals surface area (Å²) in [5.41, 5.74) is 18.4. The summed E-state index contributed by atoms with van der Waals surface area (Å²) in [7, 11) is 0. The van der Waals surface area contributed by atoms with E-state index in [0.717, 1.165) is 89.2 Å². The van der Waals surface area contributed by atoms with Gasteiger partial charge in [0.2, 0.25) is 0 Å². The molecule has 4 nitrogen and oxygen atoms in total. The molecule has 270 valence electrons. The number of benzene rings is 7. The zero-order chi connectivity index (χ0) is 38.3. The lowest BCUT2D eigenvalue weighted by atomic mass is 9.93. The summed E-state index contributed by atoms with van der Waals surface area (Å²) in [6.07, 6.45) is 1.90. The maximum Gasteiger partial charge on any atom is 0.149 e. The van der Waals surface area contributed by atoms with Crippen LogP contribution in [0.3, 0.4) is 0 Å². The highest BCUT2D eigenvalue weighted by molar-refractivity contribution is 5.98. The molecule has 0 spiro atoms. The molecule has 1 N–H and O–H groups in total. The fraction of sp³-hybridized carbons (Fsp3) is 0.0769. The molecule has 4 heteroatoms. The van der Waals surface area contributed by atoms with E-state index in [9.17, 15) is 5.11 Å². The molecule has 0 saturated heterocycles. The molecule has 56 heavy (non-hydrogen) atoms. The number of imidazole rings is 1. The first kappa shape index (κ1) is 34.7.